The molecule has 0 spiro atoms. The summed E-state index contributed by atoms with van der Waals surface area (Å²) in [5, 5.41) is 10.8. The summed E-state index contributed by atoms with van der Waals surface area (Å²) in [5.74, 6) is 0.218. The maximum atomic E-state index is 12.8. The molecule has 3 fully saturated rings. The van der Waals surface area contributed by atoms with Gasteiger partial charge in [0.1, 0.15) is 11.0 Å². The van der Waals surface area contributed by atoms with Gasteiger partial charge in [-0.1, -0.05) is 31.9 Å². The third-order valence-electron chi connectivity index (χ3n) is 5.87. The highest BCUT2D eigenvalue weighted by Gasteiger charge is 2.75. The highest BCUT2D eigenvalue weighted by molar-refractivity contribution is 9.10. The number of aliphatic hydroxyl groups is 1. The molecule has 0 amide bonds. The molecule has 2 bridgehead atoms. The van der Waals surface area contributed by atoms with Crippen molar-refractivity contribution in [3.8, 4) is 0 Å². The van der Waals surface area contributed by atoms with Crippen LogP contribution in [0, 0.1) is 11.3 Å². The zero-order valence-electron chi connectivity index (χ0n) is 12.9. The lowest BCUT2D eigenvalue weighted by Crippen LogP contribution is -2.57. The minimum Gasteiger partial charge on any atom is -0.469 e. The molecule has 126 valence electrons. The smallest absolute Gasteiger partial charge is 0.314 e. The molecule has 2 saturated carbocycles. The lowest BCUT2D eigenvalue weighted by atomic mass is 9.60. The molecular weight excluding hydrogens is 416 g/mol. The molecule has 1 aliphatic heterocycles. The minimum absolute atomic E-state index is 0.0196. The van der Waals surface area contributed by atoms with Gasteiger partial charge in [-0.15, -0.1) is 0 Å². The maximum absolute atomic E-state index is 12.8. The van der Waals surface area contributed by atoms with E-state index in [1.165, 1.54) is 7.11 Å². The van der Waals surface area contributed by atoms with Crippen molar-refractivity contribution in [3.63, 3.8) is 0 Å². The molecule has 3 rings (SSSR count). The molecular formula is C16H24Br2O4. The third kappa shape index (κ3) is 2.24. The normalized spacial score (nSPS) is 42.2. The van der Waals surface area contributed by atoms with E-state index < -0.39 is 16.6 Å². The summed E-state index contributed by atoms with van der Waals surface area (Å²) in [4.78, 5) is 12.9. The van der Waals surface area contributed by atoms with Crippen molar-refractivity contribution >= 4 is 37.8 Å². The number of methoxy groups -OCH3 is 1. The van der Waals surface area contributed by atoms with Gasteiger partial charge in [-0.05, 0) is 50.9 Å². The Hall–Kier alpha value is 0.350. The number of aliphatic hydroxyl groups excluding tert-OH is 1. The van der Waals surface area contributed by atoms with Crippen LogP contribution in [0.15, 0.2) is 0 Å². The number of alkyl halides is 2. The van der Waals surface area contributed by atoms with Gasteiger partial charge >= 0.3 is 5.97 Å². The fourth-order valence-corrected chi connectivity index (χ4v) is 7.13. The lowest BCUT2D eigenvalue weighted by molar-refractivity contribution is -0.175. The van der Waals surface area contributed by atoms with E-state index in [1.807, 2.05) is 0 Å². The molecule has 6 heteroatoms. The van der Waals surface area contributed by atoms with Gasteiger partial charge in [-0.25, -0.2) is 0 Å². The number of fused-ring (bicyclic) bond motifs is 2. The summed E-state index contributed by atoms with van der Waals surface area (Å²) in [5.41, 5.74) is -1.75. The number of carbonyl (C=O) groups is 1. The van der Waals surface area contributed by atoms with Crippen LogP contribution < -0.4 is 0 Å². The van der Waals surface area contributed by atoms with Crippen LogP contribution in [0.4, 0.5) is 0 Å². The zero-order valence-corrected chi connectivity index (χ0v) is 16.1. The molecule has 0 aromatic carbocycles. The third-order valence-corrected chi connectivity index (χ3v) is 7.47. The Morgan fingerprint density at radius 2 is 2.18 bits per heavy atom. The maximum Gasteiger partial charge on any atom is 0.314 e. The highest BCUT2D eigenvalue weighted by atomic mass is 79.9. The zero-order chi connectivity index (χ0) is 16.0. The molecule has 4 atom stereocenters. The fraction of sp³-hybridized carbons (Fsp3) is 0.938. The van der Waals surface area contributed by atoms with Crippen molar-refractivity contribution < 1.29 is 19.4 Å². The predicted molar refractivity (Wildman–Crippen MR) is 90.4 cm³/mol. The van der Waals surface area contributed by atoms with E-state index in [1.54, 1.807) is 0 Å². The van der Waals surface area contributed by atoms with E-state index in [-0.39, 0.29) is 17.4 Å². The van der Waals surface area contributed by atoms with Crippen LogP contribution in [0.1, 0.15) is 44.9 Å². The van der Waals surface area contributed by atoms with Crippen LogP contribution in [-0.4, -0.2) is 46.2 Å². The number of rotatable bonds is 6. The summed E-state index contributed by atoms with van der Waals surface area (Å²) in [6.07, 6.45) is 6.17. The summed E-state index contributed by atoms with van der Waals surface area (Å²) < 4.78 is 11.9. The topological polar surface area (TPSA) is 55.8 Å². The molecule has 0 radical (unpaired) electrons. The molecule has 1 heterocycles. The summed E-state index contributed by atoms with van der Waals surface area (Å²) >= 11 is 7.36. The van der Waals surface area contributed by atoms with Crippen molar-refractivity contribution in [1.29, 1.82) is 0 Å². The number of ether oxygens (including phenoxy) is 2. The SMILES string of the molecule is COC(=O)C12CCC[C@](CO)(C1)O[C@]2(C(Br)CCBr)C1CC1. The molecule has 3 aliphatic rings. The monoisotopic (exact) mass is 438 g/mol. The van der Waals surface area contributed by atoms with Crippen LogP contribution in [-0.2, 0) is 14.3 Å². The van der Waals surface area contributed by atoms with E-state index in [0.717, 1.165) is 43.9 Å². The van der Waals surface area contributed by atoms with Crippen LogP contribution >= 0.6 is 31.9 Å². The van der Waals surface area contributed by atoms with Crippen LogP contribution in [0.2, 0.25) is 0 Å². The van der Waals surface area contributed by atoms with Gasteiger partial charge < -0.3 is 14.6 Å². The van der Waals surface area contributed by atoms with E-state index in [0.29, 0.717) is 12.3 Å². The number of carbonyl (C=O) groups excluding carboxylic acids is 1. The molecule has 2 unspecified atom stereocenters. The number of esters is 1. The van der Waals surface area contributed by atoms with Crippen molar-refractivity contribution in [1.82, 2.24) is 0 Å². The van der Waals surface area contributed by atoms with Gasteiger partial charge in [0.2, 0.25) is 0 Å². The number of halogens is 2. The Bertz CT molecular complexity index is 455. The average Bonchev–Trinajstić information content (AvgIpc) is 3.34. The van der Waals surface area contributed by atoms with Crippen molar-refractivity contribution in [2.45, 2.75) is 61.0 Å². The molecule has 1 N–H and O–H groups in total. The Balaban J connectivity index is 2.10. The van der Waals surface area contributed by atoms with Crippen LogP contribution in [0.25, 0.3) is 0 Å². The molecule has 2 aliphatic carbocycles. The Morgan fingerprint density at radius 1 is 1.45 bits per heavy atom. The number of hydrogen-bond acceptors (Lipinski definition) is 4. The summed E-state index contributed by atoms with van der Waals surface area (Å²) in [6.45, 7) is -0.0196. The quantitative estimate of drug-likeness (QED) is 0.510. The first-order valence-electron chi connectivity index (χ1n) is 8.10. The Kier molecular flexibility index (Phi) is 4.70. The van der Waals surface area contributed by atoms with Crippen molar-refractivity contribution in [2.24, 2.45) is 11.3 Å². The first kappa shape index (κ1) is 17.2. The predicted octanol–water partition coefficient (Wildman–Crippen LogP) is 3.18. The van der Waals surface area contributed by atoms with Crippen molar-refractivity contribution in [3.05, 3.63) is 0 Å². The minimum atomic E-state index is -0.625. The van der Waals surface area contributed by atoms with Crippen LogP contribution in [0.3, 0.4) is 0 Å². The standard InChI is InChI=1S/C16H24Br2O4/c1-21-13(20)15-7-2-6-14(9-15,10-19)22-16(15,11-3-4-11)12(18)5-8-17/h11-12,19H,2-10H2,1H3/t12?,14-,15?,16+/m1/s1. The largest absolute Gasteiger partial charge is 0.469 e. The summed E-state index contributed by atoms with van der Waals surface area (Å²) in [6, 6.07) is 0. The molecule has 0 aromatic rings. The Labute approximate surface area is 148 Å². The van der Waals surface area contributed by atoms with Gasteiger partial charge in [0.05, 0.1) is 19.3 Å². The van der Waals surface area contributed by atoms with Gasteiger partial charge in [0, 0.05) is 10.2 Å². The van der Waals surface area contributed by atoms with Gasteiger partial charge in [-0.2, -0.15) is 0 Å². The average molecular weight is 440 g/mol. The lowest BCUT2D eigenvalue weighted by Gasteiger charge is -2.46. The number of hydrogen-bond donors (Lipinski definition) is 1. The second kappa shape index (κ2) is 6.01. The molecule has 22 heavy (non-hydrogen) atoms. The second-order valence-electron chi connectivity index (χ2n) is 7.06. The van der Waals surface area contributed by atoms with Crippen molar-refractivity contribution in [2.75, 3.05) is 19.0 Å². The van der Waals surface area contributed by atoms with E-state index in [2.05, 4.69) is 31.9 Å². The van der Waals surface area contributed by atoms with Crippen LogP contribution in [0.5, 0.6) is 0 Å². The van der Waals surface area contributed by atoms with E-state index in [9.17, 15) is 9.90 Å². The first-order valence-corrected chi connectivity index (χ1v) is 10.1. The Morgan fingerprint density at radius 3 is 2.73 bits per heavy atom. The van der Waals surface area contributed by atoms with Gasteiger partial charge in [0.15, 0.2) is 0 Å². The van der Waals surface area contributed by atoms with E-state index >= 15 is 0 Å². The molecule has 1 saturated heterocycles. The van der Waals surface area contributed by atoms with Gasteiger partial charge in [-0.3, -0.25) is 4.79 Å². The highest BCUT2D eigenvalue weighted by Crippen LogP contribution is 2.68. The second-order valence-corrected chi connectivity index (χ2v) is 8.96. The molecule has 0 aromatic heterocycles. The van der Waals surface area contributed by atoms with E-state index in [4.69, 9.17) is 9.47 Å². The summed E-state index contributed by atoms with van der Waals surface area (Å²) in [7, 11) is 1.47. The first-order chi connectivity index (χ1) is 10.5. The van der Waals surface area contributed by atoms with Gasteiger partial charge in [0.25, 0.3) is 0 Å². The fourth-order valence-electron chi connectivity index (χ4n) is 4.93. The molecule has 4 nitrogen and oxygen atoms in total.